The summed E-state index contributed by atoms with van der Waals surface area (Å²) in [6.45, 7) is 1.86. The molecular formula is C19H22ClNO3. The third-order valence-corrected chi connectivity index (χ3v) is 3.83. The Morgan fingerprint density at radius 2 is 1.67 bits per heavy atom. The Morgan fingerprint density at radius 3 is 2.33 bits per heavy atom. The summed E-state index contributed by atoms with van der Waals surface area (Å²) in [4.78, 5) is 10.4. The third kappa shape index (κ3) is 7.02. The third-order valence-electron chi connectivity index (χ3n) is 3.58. The number of rotatable bonds is 10. The van der Waals surface area contributed by atoms with Gasteiger partial charge in [-0.2, -0.15) is 0 Å². The van der Waals surface area contributed by atoms with Gasteiger partial charge in [0.05, 0.1) is 6.42 Å². The van der Waals surface area contributed by atoms with Gasteiger partial charge in [0.2, 0.25) is 0 Å². The van der Waals surface area contributed by atoms with Gasteiger partial charge in [0.25, 0.3) is 0 Å². The molecule has 2 aromatic rings. The molecule has 2 aromatic carbocycles. The van der Waals surface area contributed by atoms with E-state index in [2.05, 4.69) is 17.4 Å². The number of halogens is 1. The van der Waals surface area contributed by atoms with Crippen molar-refractivity contribution in [1.29, 1.82) is 0 Å². The molecule has 0 amide bonds. The summed E-state index contributed by atoms with van der Waals surface area (Å²) in [6.07, 6.45) is 2.10. The van der Waals surface area contributed by atoms with Crippen molar-refractivity contribution in [3.8, 4) is 5.75 Å². The van der Waals surface area contributed by atoms with E-state index in [1.165, 1.54) is 5.56 Å². The van der Waals surface area contributed by atoms with E-state index >= 15 is 0 Å². The Labute approximate surface area is 147 Å². The number of nitrogens with one attached hydrogen (secondary N) is 1. The lowest BCUT2D eigenvalue weighted by molar-refractivity contribution is -0.136. The molecule has 5 heteroatoms. The highest BCUT2D eigenvalue weighted by Crippen LogP contribution is 2.16. The van der Waals surface area contributed by atoms with Crippen molar-refractivity contribution in [1.82, 2.24) is 5.32 Å². The number of hydrogen-bond donors (Lipinski definition) is 2. The van der Waals surface area contributed by atoms with E-state index in [1.807, 2.05) is 36.4 Å². The smallest absolute Gasteiger partial charge is 0.304 e. The zero-order chi connectivity index (χ0) is 17.2. The Bertz CT molecular complexity index is 626. The molecule has 0 spiro atoms. The van der Waals surface area contributed by atoms with Crippen LogP contribution < -0.4 is 10.1 Å². The maximum atomic E-state index is 10.4. The van der Waals surface area contributed by atoms with Crippen LogP contribution in [0.2, 0.25) is 5.02 Å². The highest BCUT2D eigenvalue weighted by Gasteiger charge is 1.99. The molecule has 0 aliphatic carbocycles. The lowest BCUT2D eigenvalue weighted by Gasteiger charge is -2.08. The van der Waals surface area contributed by atoms with Crippen LogP contribution in [-0.2, 0) is 17.8 Å². The van der Waals surface area contributed by atoms with Crippen LogP contribution in [0, 0.1) is 0 Å². The van der Waals surface area contributed by atoms with Crippen LogP contribution in [0.4, 0.5) is 0 Å². The number of hydrogen-bond acceptors (Lipinski definition) is 3. The Morgan fingerprint density at radius 1 is 1.00 bits per heavy atom. The second kappa shape index (κ2) is 9.96. The first-order valence-corrected chi connectivity index (χ1v) is 8.40. The Hall–Kier alpha value is -2.04. The van der Waals surface area contributed by atoms with E-state index in [9.17, 15) is 4.79 Å². The number of aliphatic carboxylic acids is 1. The van der Waals surface area contributed by atoms with E-state index in [0.717, 1.165) is 35.7 Å². The quantitative estimate of drug-likeness (QED) is 0.640. The monoisotopic (exact) mass is 347 g/mol. The van der Waals surface area contributed by atoms with Gasteiger partial charge in [0.15, 0.2) is 0 Å². The van der Waals surface area contributed by atoms with E-state index in [0.29, 0.717) is 13.2 Å². The number of carbonyl (C=O) groups is 1. The van der Waals surface area contributed by atoms with Crippen LogP contribution in [0.3, 0.4) is 0 Å². The van der Waals surface area contributed by atoms with Gasteiger partial charge in [-0.3, -0.25) is 4.79 Å². The zero-order valence-corrected chi connectivity index (χ0v) is 14.3. The van der Waals surface area contributed by atoms with Gasteiger partial charge < -0.3 is 15.2 Å². The molecule has 4 nitrogen and oxygen atoms in total. The van der Waals surface area contributed by atoms with Gasteiger partial charge in [-0.05, 0) is 54.8 Å². The molecule has 2 rings (SSSR count). The predicted molar refractivity (Wildman–Crippen MR) is 95.7 cm³/mol. The van der Waals surface area contributed by atoms with Gasteiger partial charge in [-0.25, -0.2) is 0 Å². The van der Waals surface area contributed by atoms with E-state index in [1.54, 1.807) is 0 Å². The predicted octanol–water partition coefficient (Wildman–Crippen LogP) is 3.92. The van der Waals surface area contributed by atoms with Gasteiger partial charge in [0, 0.05) is 11.6 Å². The standard InChI is InChI=1S/C19H22ClNO3/c20-17-7-3-16(4-8-17)14-24-18-9-5-15(6-10-18)2-1-12-21-13-11-19(22)23/h3-10,21H,1-2,11-14H2,(H,22,23). The molecule has 0 aliphatic heterocycles. The molecule has 0 atom stereocenters. The van der Waals surface area contributed by atoms with Crippen molar-refractivity contribution in [2.24, 2.45) is 0 Å². The normalized spacial score (nSPS) is 10.5. The van der Waals surface area contributed by atoms with Crippen LogP contribution in [0.5, 0.6) is 5.75 Å². The first kappa shape index (κ1) is 18.3. The molecular weight excluding hydrogens is 326 g/mol. The van der Waals surface area contributed by atoms with Crippen molar-refractivity contribution in [3.05, 3.63) is 64.7 Å². The van der Waals surface area contributed by atoms with E-state index < -0.39 is 5.97 Å². The average molecular weight is 348 g/mol. The first-order valence-electron chi connectivity index (χ1n) is 8.02. The van der Waals surface area contributed by atoms with Crippen LogP contribution in [-0.4, -0.2) is 24.2 Å². The summed E-state index contributed by atoms with van der Waals surface area (Å²) in [5.74, 6) is 0.0740. The summed E-state index contributed by atoms with van der Waals surface area (Å²) in [6, 6.07) is 15.7. The fourth-order valence-electron chi connectivity index (χ4n) is 2.24. The number of benzene rings is 2. The molecule has 0 aromatic heterocycles. The second-order valence-electron chi connectivity index (χ2n) is 5.56. The number of carboxylic acids is 1. The minimum atomic E-state index is -0.767. The van der Waals surface area contributed by atoms with Gasteiger partial charge >= 0.3 is 5.97 Å². The lowest BCUT2D eigenvalue weighted by Crippen LogP contribution is -2.19. The highest BCUT2D eigenvalue weighted by atomic mass is 35.5. The molecule has 0 unspecified atom stereocenters. The maximum Gasteiger partial charge on any atom is 0.304 e. The van der Waals surface area contributed by atoms with Crippen molar-refractivity contribution in [2.45, 2.75) is 25.9 Å². The van der Waals surface area contributed by atoms with Crippen molar-refractivity contribution in [3.63, 3.8) is 0 Å². The number of carboxylic acid groups (broad SMARTS) is 1. The molecule has 24 heavy (non-hydrogen) atoms. The van der Waals surface area contributed by atoms with Crippen LogP contribution in [0.25, 0.3) is 0 Å². The van der Waals surface area contributed by atoms with Gasteiger partial charge in [-0.1, -0.05) is 35.9 Å². The molecule has 0 saturated carbocycles. The fourth-order valence-corrected chi connectivity index (χ4v) is 2.36. The fraction of sp³-hybridized carbons (Fsp3) is 0.316. The van der Waals surface area contributed by atoms with Crippen LogP contribution in [0.1, 0.15) is 24.0 Å². The van der Waals surface area contributed by atoms with E-state index in [-0.39, 0.29) is 6.42 Å². The minimum Gasteiger partial charge on any atom is -0.489 e. The minimum absolute atomic E-state index is 0.166. The number of aryl methyl sites for hydroxylation is 1. The topological polar surface area (TPSA) is 58.6 Å². The summed E-state index contributed by atoms with van der Waals surface area (Å²) in [5, 5.41) is 12.4. The molecule has 0 saturated heterocycles. The van der Waals surface area contributed by atoms with Gasteiger partial charge in [0.1, 0.15) is 12.4 Å². The summed E-state index contributed by atoms with van der Waals surface area (Å²) >= 11 is 5.86. The Balaban J connectivity index is 1.67. The largest absolute Gasteiger partial charge is 0.489 e. The van der Waals surface area contributed by atoms with Crippen molar-refractivity contribution in [2.75, 3.05) is 13.1 Å². The Kier molecular flexibility index (Phi) is 7.59. The molecule has 0 radical (unpaired) electrons. The molecule has 0 fully saturated rings. The second-order valence-corrected chi connectivity index (χ2v) is 5.99. The summed E-state index contributed by atoms with van der Waals surface area (Å²) < 4.78 is 5.76. The molecule has 128 valence electrons. The molecule has 0 bridgehead atoms. The number of ether oxygens (including phenoxy) is 1. The molecule has 0 aliphatic rings. The van der Waals surface area contributed by atoms with Gasteiger partial charge in [-0.15, -0.1) is 0 Å². The summed E-state index contributed by atoms with van der Waals surface area (Å²) in [7, 11) is 0. The SMILES string of the molecule is O=C(O)CCNCCCc1ccc(OCc2ccc(Cl)cc2)cc1. The molecule has 2 N–H and O–H groups in total. The van der Waals surface area contributed by atoms with E-state index in [4.69, 9.17) is 21.4 Å². The van der Waals surface area contributed by atoms with Crippen molar-refractivity contribution < 1.29 is 14.6 Å². The average Bonchev–Trinajstić information content (AvgIpc) is 2.58. The van der Waals surface area contributed by atoms with Crippen molar-refractivity contribution >= 4 is 17.6 Å². The molecule has 0 heterocycles. The summed E-state index contributed by atoms with van der Waals surface area (Å²) in [5.41, 5.74) is 2.32. The highest BCUT2D eigenvalue weighted by molar-refractivity contribution is 6.30. The lowest BCUT2D eigenvalue weighted by atomic mass is 10.1. The zero-order valence-electron chi connectivity index (χ0n) is 13.5. The maximum absolute atomic E-state index is 10.4. The first-order chi connectivity index (χ1) is 11.6. The van der Waals surface area contributed by atoms with Crippen LogP contribution in [0.15, 0.2) is 48.5 Å². The van der Waals surface area contributed by atoms with Crippen LogP contribution >= 0.6 is 11.6 Å².